The number of carbonyl (C=O) groups is 2. The van der Waals surface area contributed by atoms with Crippen LogP contribution in [-0.4, -0.2) is 50.5 Å². The summed E-state index contributed by atoms with van der Waals surface area (Å²) >= 11 is 8.15. The molecule has 10 heteroatoms. The largest absolute Gasteiger partial charge is 0.487 e. The molecule has 0 radical (unpaired) electrons. The molecule has 2 aliphatic heterocycles. The first kappa shape index (κ1) is 37.8. The average Bonchev–Trinajstić information content (AvgIpc) is 3.69. The smallest absolute Gasteiger partial charge is 0.417 e. The van der Waals surface area contributed by atoms with E-state index in [0.29, 0.717) is 42.9 Å². The summed E-state index contributed by atoms with van der Waals surface area (Å²) in [5, 5.41) is 2.21. The van der Waals surface area contributed by atoms with E-state index in [1.807, 2.05) is 98.5 Å². The molecule has 8 nitrogen and oxygen atoms in total. The van der Waals surface area contributed by atoms with Crippen LogP contribution in [0.5, 0.6) is 5.75 Å². The molecule has 2 amide bonds. The zero-order valence-electron chi connectivity index (χ0n) is 31.7. The fourth-order valence-corrected chi connectivity index (χ4v) is 9.30. The second-order valence-corrected chi connectivity index (χ2v) is 16.3. The lowest BCUT2D eigenvalue weighted by Gasteiger charge is -2.24. The molecule has 0 spiro atoms. The van der Waals surface area contributed by atoms with Crippen molar-refractivity contribution in [2.75, 3.05) is 6.61 Å². The molecule has 2 aromatic heterocycles. The van der Waals surface area contributed by atoms with Crippen LogP contribution < -0.4 is 4.74 Å². The molecule has 6 aromatic rings. The van der Waals surface area contributed by atoms with E-state index in [2.05, 4.69) is 54.0 Å². The first-order chi connectivity index (χ1) is 27.3. The van der Waals surface area contributed by atoms with Gasteiger partial charge in [-0.1, -0.05) is 104 Å². The summed E-state index contributed by atoms with van der Waals surface area (Å²) in [5.41, 5.74) is 8.50. The molecule has 2 aliphatic rings. The van der Waals surface area contributed by atoms with E-state index in [9.17, 15) is 9.59 Å². The Bertz CT molecular complexity index is 2330. The van der Waals surface area contributed by atoms with Crippen LogP contribution in [0.25, 0.3) is 22.0 Å². The Kier molecular flexibility index (Phi) is 11.2. The van der Waals surface area contributed by atoms with Crippen molar-refractivity contribution in [2.45, 2.75) is 81.6 Å². The molecular formula is C46H44ClN3O5S. The van der Waals surface area contributed by atoms with Crippen molar-refractivity contribution in [2.24, 2.45) is 0 Å². The summed E-state index contributed by atoms with van der Waals surface area (Å²) in [5.74, 6) is 0.492. The topological polar surface area (TPSA) is 82.9 Å². The van der Waals surface area contributed by atoms with Crippen LogP contribution in [0.15, 0.2) is 120 Å². The Morgan fingerprint density at radius 1 is 0.946 bits per heavy atom. The molecule has 1 saturated heterocycles. The van der Waals surface area contributed by atoms with Crippen LogP contribution in [0.1, 0.15) is 61.4 Å². The lowest BCUT2D eigenvalue weighted by molar-refractivity contribution is -0.141. The quantitative estimate of drug-likeness (QED) is 0.115. The van der Waals surface area contributed by atoms with E-state index in [4.69, 9.17) is 30.8 Å². The van der Waals surface area contributed by atoms with Crippen LogP contribution in [0, 0.1) is 0 Å². The molecule has 1 unspecified atom stereocenters. The van der Waals surface area contributed by atoms with Gasteiger partial charge < -0.3 is 18.8 Å². The van der Waals surface area contributed by atoms with Crippen LogP contribution in [0.3, 0.4) is 0 Å². The van der Waals surface area contributed by atoms with E-state index in [1.165, 1.54) is 20.7 Å². The molecule has 0 N–H and O–H groups in total. The number of pyridine rings is 1. The van der Waals surface area contributed by atoms with Gasteiger partial charge in [0.2, 0.25) is 0 Å². The standard InChI is InChI=1S/C46H44ClN3O5S/c1-4-40(45(51)50-30(3)43(55-46(50)52)33-13-9-6-10-14-33)53-24-23-39-44-42-37(25-29(2)56-44)41(22-21-38(42)49(39)27-31-15-18-35(47)19-16-31)54-28-36-20-17-34(26-48-36)32-11-7-5-8-12-32/h5-22,26,29-30,40,43H,4,23-25,27-28H2,1-3H3/t29?,30-,40-,43-/m0/s1. The van der Waals surface area contributed by atoms with E-state index >= 15 is 0 Å². The lowest BCUT2D eigenvalue weighted by Crippen LogP contribution is -2.45. The third kappa shape index (κ3) is 7.68. The monoisotopic (exact) mass is 785 g/mol. The fraction of sp³-hybridized carbons (Fsp3) is 0.283. The van der Waals surface area contributed by atoms with Gasteiger partial charge in [0.05, 0.1) is 23.9 Å². The van der Waals surface area contributed by atoms with E-state index in [-0.39, 0.29) is 5.91 Å². The second kappa shape index (κ2) is 16.6. The highest BCUT2D eigenvalue weighted by Gasteiger charge is 2.45. The summed E-state index contributed by atoms with van der Waals surface area (Å²) in [7, 11) is 0. The Labute approximate surface area is 336 Å². The number of ether oxygens (including phenoxy) is 3. The normalized spacial score (nSPS) is 18.2. The van der Waals surface area contributed by atoms with E-state index < -0.39 is 24.3 Å². The number of rotatable bonds is 13. The number of imide groups is 1. The average molecular weight is 786 g/mol. The highest BCUT2D eigenvalue weighted by Crippen LogP contribution is 2.47. The maximum absolute atomic E-state index is 13.9. The molecule has 0 bridgehead atoms. The number of hydrogen-bond acceptors (Lipinski definition) is 7. The number of nitrogens with zero attached hydrogens (tertiary/aromatic N) is 3. The Morgan fingerprint density at radius 2 is 1.70 bits per heavy atom. The maximum Gasteiger partial charge on any atom is 0.417 e. The Balaban J connectivity index is 1.05. The molecule has 0 saturated carbocycles. The highest BCUT2D eigenvalue weighted by atomic mass is 35.5. The zero-order valence-corrected chi connectivity index (χ0v) is 33.3. The zero-order chi connectivity index (χ0) is 38.8. The number of aromatic nitrogens is 2. The predicted molar refractivity (Wildman–Crippen MR) is 221 cm³/mol. The molecular weight excluding hydrogens is 742 g/mol. The van der Waals surface area contributed by atoms with E-state index in [1.54, 1.807) is 0 Å². The molecule has 1 fully saturated rings. The molecule has 0 aliphatic carbocycles. The molecule has 286 valence electrons. The number of carbonyl (C=O) groups excluding carboxylic acids is 2. The minimum Gasteiger partial charge on any atom is -0.487 e. The van der Waals surface area contributed by atoms with Crippen molar-refractivity contribution in [3.63, 3.8) is 0 Å². The maximum atomic E-state index is 13.9. The number of hydrogen-bond donors (Lipinski definition) is 0. The summed E-state index contributed by atoms with van der Waals surface area (Å²) in [6.45, 7) is 7.30. The van der Waals surface area contributed by atoms with Crippen LogP contribution in [0.2, 0.25) is 5.02 Å². The molecule has 4 atom stereocenters. The second-order valence-electron chi connectivity index (χ2n) is 14.4. The van der Waals surface area contributed by atoms with E-state index in [0.717, 1.165) is 51.3 Å². The number of benzene rings is 4. The fourth-order valence-electron chi connectivity index (χ4n) is 7.83. The van der Waals surface area contributed by atoms with Crippen molar-refractivity contribution in [3.05, 3.63) is 148 Å². The van der Waals surface area contributed by atoms with Crippen molar-refractivity contribution in [3.8, 4) is 16.9 Å². The molecule has 4 aromatic carbocycles. The van der Waals surface area contributed by atoms with Gasteiger partial charge in [-0.25, -0.2) is 9.69 Å². The lowest BCUT2D eigenvalue weighted by atomic mass is 10.0. The highest BCUT2D eigenvalue weighted by molar-refractivity contribution is 8.00. The van der Waals surface area contributed by atoms with Gasteiger partial charge in [0.15, 0.2) is 0 Å². The van der Waals surface area contributed by atoms with Crippen molar-refractivity contribution in [1.29, 1.82) is 0 Å². The van der Waals surface area contributed by atoms with Gasteiger partial charge in [0.1, 0.15) is 24.6 Å². The predicted octanol–water partition coefficient (Wildman–Crippen LogP) is 10.5. The first-order valence-corrected chi connectivity index (χ1v) is 20.5. The number of amides is 2. The number of thioether (sulfide) groups is 1. The first-order valence-electron chi connectivity index (χ1n) is 19.2. The SMILES string of the molecule is CC[C@H](OCCc1c2c3c(c(OCc4ccc(-c5ccccc5)cn4)ccc3n1Cc1ccc(Cl)cc1)CC(C)S2)C(=O)N1C(=O)O[C@H](c2ccccc2)[C@@H]1C. The van der Waals surface area contributed by atoms with Crippen LogP contribution >= 0.6 is 23.4 Å². The Morgan fingerprint density at radius 3 is 2.41 bits per heavy atom. The summed E-state index contributed by atoms with van der Waals surface area (Å²) in [6, 6.07) is 35.6. The van der Waals surface area contributed by atoms with Crippen molar-refractivity contribution >= 4 is 46.3 Å². The van der Waals surface area contributed by atoms with Crippen LogP contribution in [-0.2, 0) is 40.3 Å². The third-order valence-electron chi connectivity index (χ3n) is 10.7. The van der Waals surface area contributed by atoms with Crippen molar-refractivity contribution in [1.82, 2.24) is 14.5 Å². The summed E-state index contributed by atoms with van der Waals surface area (Å²) < 4.78 is 21.0. The summed E-state index contributed by atoms with van der Waals surface area (Å²) in [6.07, 6.45) is 1.81. The number of cyclic esters (lactones) is 1. The molecule has 8 rings (SSSR count). The minimum atomic E-state index is -0.789. The van der Waals surface area contributed by atoms with Gasteiger partial charge in [-0.2, -0.15) is 0 Å². The van der Waals surface area contributed by atoms with Gasteiger partial charge in [0, 0.05) is 56.5 Å². The van der Waals surface area contributed by atoms with Gasteiger partial charge >= 0.3 is 6.09 Å². The number of halogens is 1. The van der Waals surface area contributed by atoms with Gasteiger partial charge in [0.25, 0.3) is 5.91 Å². The van der Waals surface area contributed by atoms with Gasteiger partial charge in [-0.3, -0.25) is 9.78 Å². The van der Waals surface area contributed by atoms with Crippen molar-refractivity contribution < 1.29 is 23.8 Å². The van der Waals surface area contributed by atoms with Gasteiger partial charge in [-0.05, 0) is 66.8 Å². The molecule has 4 heterocycles. The molecule has 56 heavy (non-hydrogen) atoms. The van der Waals surface area contributed by atoms with Crippen LogP contribution in [0.4, 0.5) is 4.79 Å². The Hall–Kier alpha value is -5.09. The van der Waals surface area contributed by atoms with Gasteiger partial charge in [-0.15, -0.1) is 11.8 Å². The summed E-state index contributed by atoms with van der Waals surface area (Å²) in [4.78, 5) is 34.1. The minimum absolute atomic E-state index is 0.297. The third-order valence-corrected chi connectivity index (χ3v) is 12.2.